The normalized spacial score (nSPS) is 15.6. The fourth-order valence-electron chi connectivity index (χ4n) is 2.77. The highest BCUT2D eigenvalue weighted by atomic mass is 19.4. The van der Waals surface area contributed by atoms with Gasteiger partial charge < -0.3 is 20.1 Å². The zero-order valence-electron chi connectivity index (χ0n) is 13.4. The summed E-state index contributed by atoms with van der Waals surface area (Å²) in [6.07, 6.45) is -16.4. The number of hydrogen-bond donors (Lipinski definition) is 2. The van der Waals surface area contributed by atoms with Gasteiger partial charge in [-0.1, -0.05) is 36.4 Å². The minimum atomic E-state index is -6.21. The first kappa shape index (κ1) is 21.0. The molecule has 2 rings (SSSR count). The molecule has 0 saturated heterocycles. The summed E-state index contributed by atoms with van der Waals surface area (Å²) in [6, 6.07) is 9.58. The van der Waals surface area contributed by atoms with Gasteiger partial charge in [0, 0.05) is 18.8 Å². The molecule has 0 spiro atoms. The minimum Gasteiger partial charge on any atom is -0.550 e. The maximum Gasteiger partial charge on any atom is 0.426 e. The molecule has 0 fully saturated rings. The first-order chi connectivity index (χ1) is 12.2. The molecule has 0 amide bonds. The molecule has 0 aliphatic carbocycles. The van der Waals surface area contributed by atoms with Crippen LogP contribution < -0.4 is 5.11 Å². The fourth-order valence-corrected chi connectivity index (χ4v) is 2.77. The second-order valence-corrected chi connectivity index (χ2v) is 6.17. The van der Waals surface area contributed by atoms with Gasteiger partial charge in [-0.2, -0.15) is 26.3 Å². The van der Waals surface area contributed by atoms with Gasteiger partial charge in [0.2, 0.25) is 0 Å². The van der Waals surface area contributed by atoms with E-state index in [9.17, 15) is 46.5 Å². The largest absolute Gasteiger partial charge is 0.550 e. The van der Waals surface area contributed by atoms with Crippen molar-refractivity contribution in [3.05, 3.63) is 48.0 Å². The zero-order valence-corrected chi connectivity index (χ0v) is 13.4. The molecule has 1 atom stereocenters. The Labute approximate surface area is 148 Å². The summed E-state index contributed by atoms with van der Waals surface area (Å²) in [4.78, 5) is 10.9. The predicted molar refractivity (Wildman–Crippen MR) is 79.1 cm³/mol. The third-order valence-electron chi connectivity index (χ3n) is 4.21. The molecule has 27 heavy (non-hydrogen) atoms. The monoisotopic (exact) mass is 395 g/mol. The molecular weight excluding hydrogens is 382 g/mol. The Morgan fingerprint density at radius 1 is 0.889 bits per heavy atom. The number of carboxylic acids is 1. The summed E-state index contributed by atoms with van der Waals surface area (Å²) < 4.78 is 78.0. The lowest BCUT2D eigenvalue weighted by Gasteiger charge is -2.39. The molecule has 0 aliphatic rings. The molecule has 10 heteroatoms. The Hall–Kier alpha value is -2.33. The molecule has 0 radical (unpaired) electrons. The molecule has 148 valence electrons. The Balaban J connectivity index is 2.62. The number of carboxylic acid groups (broad SMARTS) is 1. The number of rotatable bonds is 5. The maximum absolute atomic E-state index is 13.0. The van der Waals surface area contributed by atoms with E-state index in [1.54, 1.807) is 12.1 Å². The number of alkyl halides is 6. The highest BCUT2D eigenvalue weighted by Gasteiger charge is 2.72. The predicted octanol–water partition coefficient (Wildman–Crippen LogP) is 2.41. The van der Waals surface area contributed by atoms with Crippen LogP contribution in [0.5, 0.6) is 0 Å². The number of fused-ring (bicyclic) bond motifs is 1. The van der Waals surface area contributed by atoms with Gasteiger partial charge in [-0.25, -0.2) is 0 Å². The molecule has 0 aliphatic heterocycles. The molecule has 2 N–H and O–H groups in total. The lowest BCUT2D eigenvalue weighted by atomic mass is 9.78. The van der Waals surface area contributed by atoms with Crippen LogP contribution in [0.1, 0.15) is 18.4 Å². The summed E-state index contributed by atoms with van der Waals surface area (Å²) in [6.45, 7) is 0. The molecule has 0 aromatic heterocycles. The summed E-state index contributed by atoms with van der Waals surface area (Å²) in [5, 5.41) is 31.7. The van der Waals surface area contributed by atoms with Crippen LogP contribution in [-0.2, 0) is 10.4 Å². The van der Waals surface area contributed by atoms with Crippen LogP contribution >= 0.6 is 0 Å². The quantitative estimate of drug-likeness (QED) is 0.762. The minimum absolute atomic E-state index is 0.342. The van der Waals surface area contributed by atoms with E-state index in [0.29, 0.717) is 10.8 Å². The van der Waals surface area contributed by atoms with Crippen LogP contribution in [-0.4, -0.2) is 34.1 Å². The Kier molecular flexibility index (Phi) is 5.19. The van der Waals surface area contributed by atoms with Crippen molar-refractivity contribution in [2.75, 3.05) is 0 Å². The second-order valence-electron chi connectivity index (χ2n) is 6.17. The number of carbonyl (C=O) groups excluding carboxylic acids is 1. The van der Waals surface area contributed by atoms with Gasteiger partial charge in [-0.05, 0) is 22.4 Å². The third-order valence-corrected chi connectivity index (χ3v) is 4.21. The molecular formula is C17H13F6O4-. The van der Waals surface area contributed by atoms with Crippen LogP contribution in [0.3, 0.4) is 0 Å². The van der Waals surface area contributed by atoms with Gasteiger partial charge in [-0.3, -0.25) is 0 Å². The number of benzene rings is 2. The van der Waals surface area contributed by atoms with Gasteiger partial charge in [0.15, 0.2) is 0 Å². The van der Waals surface area contributed by atoms with Crippen molar-refractivity contribution in [2.24, 2.45) is 0 Å². The lowest BCUT2D eigenvalue weighted by Crippen LogP contribution is -2.60. The van der Waals surface area contributed by atoms with Crippen LogP contribution in [0, 0.1) is 0 Å². The average Bonchev–Trinajstić information content (AvgIpc) is 2.51. The van der Waals surface area contributed by atoms with E-state index in [2.05, 4.69) is 0 Å². The highest BCUT2D eigenvalue weighted by Crippen LogP contribution is 2.50. The van der Waals surface area contributed by atoms with Crippen molar-refractivity contribution in [3.63, 3.8) is 0 Å². The molecule has 0 saturated carbocycles. The Morgan fingerprint density at radius 2 is 1.41 bits per heavy atom. The summed E-state index contributed by atoms with van der Waals surface area (Å²) >= 11 is 0. The number of aliphatic carboxylic acids is 1. The second kappa shape index (κ2) is 6.68. The van der Waals surface area contributed by atoms with E-state index in [1.807, 2.05) is 0 Å². The van der Waals surface area contributed by atoms with Gasteiger partial charge >= 0.3 is 12.4 Å². The molecule has 2 aromatic carbocycles. The van der Waals surface area contributed by atoms with E-state index in [0.717, 1.165) is 12.1 Å². The van der Waals surface area contributed by atoms with E-state index >= 15 is 0 Å². The first-order valence-corrected chi connectivity index (χ1v) is 7.47. The maximum atomic E-state index is 13.0. The summed E-state index contributed by atoms with van der Waals surface area (Å²) in [5.41, 5.74) is -9.05. The van der Waals surface area contributed by atoms with Crippen molar-refractivity contribution in [2.45, 2.75) is 36.4 Å². The topological polar surface area (TPSA) is 80.6 Å². The smallest absolute Gasteiger partial charge is 0.426 e. The van der Waals surface area contributed by atoms with Crippen molar-refractivity contribution in [1.29, 1.82) is 0 Å². The molecule has 2 aromatic rings. The fraction of sp³-hybridized carbons (Fsp3) is 0.353. The zero-order chi connectivity index (χ0) is 20.7. The lowest BCUT2D eigenvalue weighted by molar-refractivity contribution is -0.380. The van der Waals surface area contributed by atoms with Crippen molar-refractivity contribution in [1.82, 2.24) is 0 Å². The van der Waals surface area contributed by atoms with Crippen LogP contribution in [0.25, 0.3) is 10.8 Å². The average molecular weight is 395 g/mol. The standard InChI is InChI=1S/C17H14F6O4/c18-16(19,20)15(27,17(21,22)23)9-14(26,8-13(24)25)12-6-5-10-3-1-2-4-11(10)7-12/h1-7,26-27H,8-9H2,(H,24,25)/p-1. The Morgan fingerprint density at radius 3 is 1.89 bits per heavy atom. The number of carbonyl (C=O) groups is 1. The highest BCUT2D eigenvalue weighted by molar-refractivity contribution is 5.83. The van der Waals surface area contributed by atoms with E-state index in [1.165, 1.54) is 18.2 Å². The summed E-state index contributed by atoms with van der Waals surface area (Å²) in [7, 11) is 0. The van der Waals surface area contributed by atoms with Gasteiger partial charge in [0.25, 0.3) is 5.60 Å². The Bertz CT molecular complexity index is 831. The molecule has 1 unspecified atom stereocenters. The van der Waals surface area contributed by atoms with Crippen molar-refractivity contribution < 1.29 is 46.5 Å². The third kappa shape index (κ3) is 4.01. The number of hydrogen-bond acceptors (Lipinski definition) is 4. The summed E-state index contributed by atoms with van der Waals surface area (Å²) in [5.74, 6) is -2.09. The molecule has 0 bridgehead atoms. The van der Waals surface area contributed by atoms with Gasteiger partial charge in [-0.15, -0.1) is 0 Å². The molecule has 4 nitrogen and oxygen atoms in total. The van der Waals surface area contributed by atoms with Crippen LogP contribution in [0.4, 0.5) is 26.3 Å². The first-order valence-electron chi connectivity index (χ1n) is 7.47. The van der Waals surface area contributed by atoms with Gasteiger partial charge in [0.05, 0.1) is 5.60 Å². The van der Waals surface area contributed by atoms with E-state index in [-0.39, 0.29) is 0 Å². The van der Waals surface area contributed by atoms with Gasteiger partial charge in [0.1, 0.15) is 0 Å². The van der Waals surface area contributed by atoms with Crippen molar-refractivity contribution >= 4 is 16.7 Å². The molecule has 0 heterocycles. The van der Waals surface area contributed by atoms with Crippen LogP contribution in [0.15, 0.2) is 42.5 Å². The number of halogens is 6. The van der Waals surface area contributed by atoms with E-state index < -0.39 is 47.9 Å². The van der Waals surface area contributed by atoms with Crippen LogP contribution in [0.2, 0.25) is 0 Å². The van der Waals surface area contributed by atoms with E-state index in [4.69, 9.17) is 0 Å². The SMILES string of the molecule is O=C([O-])CC(O)(CC(O)(C(F)(F)F)C(F)(F)F)c1ccc2ccccc2c1. The number of aliphatic hydroxyl groups is 2. The van der Waals surface area contributed by atoms with Crippen molar-refractivity contribution in [3.8, 4) is 0 Å².